The van der Waals surface area contributed by atoms with Gasteiger partial charge in [0.15, 0.2) is 0 Å². The molecule has 0 aliphatic rings. The Balaban J connectivity index is 1.49. The summed E-state index contributed by atoms with van der Waals surface area (Å²) in [6, 6.07) is 18.8. The molecule has 0 saturated carbocycles. The van der Waals surface area contributed by atoms with Gasteiger partial charge in [-0.05, 0) is 35.9 Å². The molecule has 0 aliphatic carbocycles. The fraction of sp³-hybridized carbons (Fsp3) is 0.0741. The van der Waals surface area contributed by atoms with Crippen LogP contribution in [0.5, 0.6) is 0 Å². The summed E-state index contributed by atoms with van der Waals surface area (Å²) < 4.78 is 14.5. The number of halogens is 1. The number of hydrogen-bond acceptors (Lipinski definition) is 4. The highest BCUT2D eigenvalue weighted by Crippen LogP contribution is 2.35. The highest BCUT2D eigenvalue weighted by molar-refractivity contribution is 6.01. The lowest BCUT2D eigenvalue weighted by Gasteiger charge is -2.12. The second-order valence-corrected chi connectivity index (χ2v) is 8.44. The van der Waals surface area contributed by atoms with E-state index in [9.17, 15) is 4.39 Å². The number of aromatic nitrogens is 5. The zero-order valence-corrected chi connectivity index (χ0v) is 18.7. The molecule has 0 saturated heterocycles. The molecular formula is C27H21FN6. The molecule has 0 bridgehead atoms. The Morgan fingerprint density at radius 2 is 1.68 bits per heavy atom. The Labute approximate surface area is 195 Å². The van der Waals surface area contributed by atoms with Crippen molar-refractivity contribution in [1.82, 2.24) is 25.1 Å². The van der Waals surface area contributed by atoms with Crippen molar-refractivity contribution in [2.45, 2.75) is 0 Å². The van der Waals surface area contributed by atoms with Crippen LogP contribution in [0.1, 0.15) is 0 Å². The second kappa shape index (κ2) is 7.81. The number of nitrogens with zero attached hydrogens (tertiary/aromatic N) is 4. The van der Waals surface area contributed by atoms with E-state index < -0.39 is 0 Å². The van der Waals surface area contributed by atoms with Crippen molar-refractivity contribution < 1.29 is 4.39 Å². The molecule has 4 aromatic heterocycles. The fourth-order valence-electron chi connectivity index (χ4n) is 4.29. The van der Waals surface area contributed by atoms with E-state index in [-0.39, 0.29) is 5.82 Å². The van der Waals surface area contributed by atoms with Gasteiger partial charge in [0, 0.05) is 47.7 Å². The molecule has 7 heteroatoms. The number of fused-ring (bicyclic) bond motifs is 2. The number of rotatable bonds is 4. The highest BCUT2D eigenvalue weighted by atomic mass is 19.1. The number of pyridine rings is 2. The zero-order chi connectivity index (χ0) is 23.2. The maximum Gasteiger partial charge on any atom is 0.131 e. The molecular weight excluding hydrogens is 427 g/mol. The van der Waals surface area contributed by atoms with Crippen molar-refractivity contribution in [1.29, 1.82) is 0 Å². The third-order valence-corrected chi connectivity index (χ3v) is 6.07. The van der Waals surface area contributed by atoms with Crippen molar-refractivity contribution in [2.75, 3.05) is 19.0 Å². The van der Waals surface area contributed by atoms with Crippen LogP contribution in [-0.2, 0) is 0 Å². The average molecular weight is 449 g/mol. The third kappa shape index (κ3) is 3.29. The maximum absolute atomic E-state index is 14.5. The zero-order valence-electron chi connectivity index (χ0n) is 18.7. The molecule has 0 spiro atoms. The molecule has 0 radical (unpaired) electrons. The molecule has 6 aromatic rings. The standard InChI is InChI=1S/C27H21FN6/c1-34(2)17-10-16(13-29-14-17)24-12-21-26(15-30-24)32-33-27(21)25-11-20-18(7-5-9-23(20)31-25)19-6-3-4-8-22(19)28/h3-15,31H,1-2H3,(H,32,33). The minimum atomic E-state index is -0.243. The number of H-pyrrole nitrogens is 2. The SMILES string of the molecule is CN(C)c1cncc(-c2cc3c(-c4cc5c(-c6ccccc6F)cccc5[nH]4)n[nH]c3cn2)c1. The summed E-state index contributed by atoms with van der Waals surface area (Å²) in [5.74, 6) is -0.243. The molecule has 0 aliphatic heterocycles. The first-order valence-corrected chi connectivity index (χ1v) is 10.9. The molecule has 2 N–H and O–H groups in total. The predicted octanol–water partition coefficient (Wildman–Crippen LogP) is 6.04. The van der Waals surface area contributed by atoms with Gasteiger partial charge in [-0.2, -0.15) is 5.10 Å². The van der Waals surface area contributed by atoms with Crippen LogP contribution < -0.4 is 4.90 Å². The lowest BCUT2D eigenvalue weighted by molar-refractivity contribution is 0.631. The van der Waals surface area contributed by atoms with Gasteiger partial charge in [-0.25, -0.2) is 4.39 Å². The fourth-order valence-corrected chi connectivity index (χ4v) is 4.29. The van der Waals surface area contributed by atoms with E-state index in [1.54, 1.807) is 18.3 Å². The minimum absolute atomic E-state index is 0.243. The van der Waals surface area contributed by atoms with E-state index in [0.717, 1.165) is 55.7 Å². The summed E-state index contributed by atoms with van der Waals surface area (Å²) in [5, 5.41) is 9.53. The van der Waals surface area contributed by atoms with Crippen LogP contribution in [0.2, 0.25) is 0 Å². The molecule has 4 heterocycles. The topological polar surface area (TPSA) is 73.5 Å². The van der Waals surface area contributed by atoms with Gasteiger partial charge in [0.2, 0.25) is 0 Å². The Morgan fingerprint density at radius 1 is 0.824 bits per heavy atom. The Morgan fingerprint density at radius 3 is 2.53 bits per heavy atom. The van der Waals surface area contributed by atoms with Gasteiger partial charge in [-0.1, -0.05) is 30.3 Å². The average Bonchev–Trinajstić information content (AvgIpc) is 3.48. The smallest absolute Gasteiger partial charge is 0.131 e. The van der Waals surface area contributed by atoms with Gasteiger partial charge in [0.25, 0.3) is 0 Å². The van der Waals surface area contributed by atoms with Crippen LogP contribution in [0, 0.1) is 5.82 Å². The summed E-state index contributed by atoms with van der Waals surface area (Å²) in [6.07, 6.45) is 5.42. The lowest BCUT2D eigenvalue weighted by atomic mass is 10.0. The number of aromatic amines is 2. The molecule has 166 valence electrons. The summed E-state index contributed by atoms with van der Waals surface area (Å²) in [7, 11) is 3.97. The normalized spacial score (nSPS) is 11.4. The molecule has 2 aromatic carbocycles. The molecule has 6 rings (SSSR count). The van der Waals surface area contributed by atoms with Crippen LogP contribution >= 0.6 is 0 Å². The van der Waals surface area contributed by atoms with Gasteiger partial charge < -0.3 is 9.88 Å². The third-order valence-electron chi connectivity index (χ3n) is 6.07. The van der Waals surface area contributed by atoms with Gasteiger partial charge in [0.1, 0.15) is 11.5 Å². The van der Waals surface area contributed by atoms with E-state index in [0.29, 0.717) is 5.56 Å². The predicted molar refractivity (Wildman–Crippen MR) is 134 cm³/mol. The van der Waals surface area contributed by atoms with Crippen LogP contribution in [0.25, 0.3) is 55.6 Å². The van der Waals surface area contributed by atoms with E-state index in [1.807, 2.05) is 67.8 Å². The van der Waals surface area contributed by atoms with Crippen molar-refractivity contribution in [3.8, 4) is 33.8 Å². The quantitative estimate of drug-likeness (QED) is 0.345. The summed E-state index contributed by atoms with van der Waals surface area (Å²) >= 11 is 0. The van der Waals surface area contributed by atoms with Crippen molar-refractivity contribution in [2.24, 2.45) is 0 Å². The monoisotopic (exact) mass is 448 g/mol. The number of anilines is 1. The number of nitrogens with one attached hydrogen (secondary N) is 2. The molecule has 0 fully saturated rings. The number of benzene rings is 2. The van der Waals surface area contributed by atoms with E-state index in [2.05, 4.69) is 31.2 Å². The first-order chi connectivity index (χ1) is 16.6. The summed E-state index contributed by atoms with van der Waals surface area (Å²) in [5.41, 5.74) is 7.55. The largest absolute Gasteiger partial charge is 0.376 e. The van der Waals surface area contributed by atoms with Gasteiger partial charge >= 0.3 is 0 Å². The van der Waals surface area contributed by atoms with E-state index >= 15 is 0 Å². The number of hydrogen-bond donors (Lipinski definition) is 2. The molecule has 0 unspecified atom stereocenters. The van der Waals surface area contributed by atoms with Crippen molar-refractivity contribution in [3.05, 3.63) is 85.1 Å². The molecule has 34 heavy (non-hydrogen) atoms. The second-order valence-electron chi connectivity index (χ2n) is 8.44. The van der Waals surface area contributed by atoms with Gasteiger partial charge in [-0.15, -0.1) is 0 Å². The van der Waals surface area contributed by atoms with Crippen LogP contribution in [0.15, 0.2) is 79.3 Å². The van der Waals surface area contributed by atoms with E-state index in [1.165, 1.54) is 6.07 Å². The Hall–Kier alpha value is -4.52. The molecule has 6 nitrogen and oxygen atoms in total. The van der Waals surface area contributed by atoms with E-state index in [4.69, 9.17) is 0 Å². The van der Waals surface area contributed by atoms with Crippen LogP contribution in [0.4, 0.5) is 10.1 Å². The first kappa shape index (κ1) is 20.1. The molecule has 0 amide bonds. The lowest BCUT2D eigenvalue weighted by Crippen LogP contribution is -2.08. The van der Waals surface area contributed by atoms with Crippen molar-refractivity contribution in [3.63, 3.8) is 0 Å². The van der Waals surface area contributed by atoms with Gasteiger partial charge in [0.05, 0.1) is 35.0 Å². The first-order valence-electron chi connectivity index (χ1n) is 10.9. The summed E-state index contributed by atoms with van der Waals surface area (Å²) in [4.78, 5) is 14.4. The Bertz CT molecular complexity index is 1660. The molecule has 0 atom stereocenters. The maximum atomic E-state index is 14.5. The highest BCUT2D eigenvalue weighted by Gasteiger charge is 2.16. The summed E-state index contributed by atoms with van der Waals surface area (Å²) in [6.45, 7) is 0. The van der Waals surface area contributed by atoms with Crippen LogP contribution in [0.3, 0.4) is 0 Å². The Kier molecular flexibility index (Phi) is 4.62. The van der Waals surface area contributed by atoms with Crippen LogP contribution in [-0.4, -0.2) is 39.2 Å². The van der Waals surface area contributed by atoms with Gasteiger partial charge in [-0.3, -0.25) is 15.1 Å². The van der Waals surface area contributed by atoms with Crippen molar-refractivity contribution >= 4 is 27.5 Å². The minimum Gasteiger partial charge on any atom is -0.376 e.